The van der Waals surface area contributed by atoms with E-state index >= 15 is 0 Å². The first kappa shape index (κ1) is 12.1. The molecule has 0 fully saturated rings. The smallest absolute Gasteiger partial charge is 0.276 e. The zero-order valence-corrected chi connectivity index (χ0v) is 10.4. The Kier molecular flexibility index (Phi) is 3.27. The number of carbonyl (C=O) groups is 1. The zero-order chi connectivity index (χ0) is 13.1. The fraction of sp³-hybridized carbons (Fsp3) is 0.250. The van der Waals surface area contributed by atoms with E-state index in [2.05, 4.69) is 20.5 Å². The topological polar surface area (TPSA) is 79.9 Å². The number of pyridine rings is 1. The van der Waals surface area contributed by atoms with Crippen LogP contribution in [0.25, 0.3) is 0 Å². The molecule has 0 aliphatic heterocycles. The number of amides is 1. The van der Waals surface area contributed by atoms with Crippen LogP contribution >= 0.6 is 0 Å². The summed E-state index contributed by atoms with van der Waals surface area (Å²) in [5.74, 6) is 0.246. The summed E-state index contributed by atoms with van der Waals surface area (Å²) in [5, 5.41) is 9.37. The third kappa shape index (κ3) is 2.48. The fourth-order valence-electron chi connectivity index (χ4n) is 1.50. The highest BCUT2D eigenvalue weighted by Gasteiger charge is 2.11. The van der Waals surface area contributed by atoms with Gasteiger partial charge in [-0.15, -0.1) is 0 Å². The van der Waals surface area contributed by atoms with Gasteiger partial charge in [-0.1, -0.05) is 0 Å². The highest BCUT2D eigenvalue weighted by Crippen LogP contribution is 2.17. The average molecular weight is 246 g/mol. The molecule has 1 amide bonds. The molecular formula is C12H14N4O2. The van der Waals surface area contributed by atoms with Gasteiger partial charge in [0.2, 0.25) is 5.88 Å². The predicted molar refractivity (Wildman–Crippen MR) is 66.8 cm³/mol. The summed E-state index contributed by atoms with van der Waals surface area (Å²) >= 11 is 0. The lowest BCUT2D eigenvalue weighted by atomic mass is 10.3. The summed E-state index contributed by atoms with van der Waals surface area (Å²) in [6, 6.07) is 5.12. The van der Waals surface area contributed by atoms with Gasteiger partial charge in [0.15, 0.2) is 5.69 Å². The van der Waals surface area contributed by atoms with Gasteiger partial charge in [-0.3, -0.25) is 9.89 Å². The number of aromatic amines is 1. The highest BCUT2D eigenvalue weighted by molar-refractivity contribution is 6.03. The molecule has 0 radical (unpaired) electrons. The Morgan fingerprint density at radius 1 is 1.39 bits per heavy atom. The normalized spacial score (nSPS) is 10.2. The van der Waals surface area contributed by atoms with Crippen molar-refractivity contribution in [3.8, 4) is 5.88 Å². The number of anilines is 1. The Hall–Kier alpha value is -2.37. The van der Waals surface area contributed by atoms with E-state index in [4.69, 9.17) is 4.74 Å². The number of nitrogens with zero attached hydrogens (tertiary/aromatic N) is 2. The van der Waals surface area contributed by atoms with Crippen molar-refractivity contribution in [2.45, 2.75) is 13.8 Å². The number of methoxy groups -OCH3 is 1. The van der Waals surface area contributed by atoms with Gasteiger partial charge in [0.25, 0.3) is 5.91 Å². The Bertz CT molecular complexity index is 577. The second-order valence-electron chi connectivity index (χ2n) is 3.88. The van der Waals surface area contributed by atoms with Crippen LogP contribution < -0.4 is 10.1 Å². The number of aromatic nitrogens is 3. The summed E-state index contributed by atoms with van der Waals surface area (Å²) in [6.45, 7) is 3.64. The second kappa shape index (κ2) is 4.87. The minimum Gasteiger partial charge on any atom is -0.481 e. The first-order valence-corrected chi connectivity index (χ1v) is 5.45. The van der Waals surface area contributed by atoms with Crippen molar-refractivity contribution in [2.75, 3.05) is 12.4 Å². The van der Waals surface area contributed by atoms with Crippen molar-refractivity contribution < 1.29 is 9.53 Å². The lowest BCUT2D eigenvalue weighted by Gasteiger charge is -2.07. The number of hydrogen-bond donors (Lipinski definition) is 2. The molecule has 2 heterocycles. The quantitative estimate of drug-likeness (QED) is 0.863. The standard InChI is InChI=1S/C12H14N4O2/c1-7-6-10(16-15-7)12(17)14-9-4-5-11(18-3)13-8(9)2/h4-6H,1-3H3,(H,14,17)(H,15,16). The van der Waals surface area contributed by atoms with Gasteiger partial charge < -0.3 is 10.1 Å². The summed E-state index contributed by atoms with van der Waals surface area (Å²) in [5.41, 5.74) is 2.52. The Labute approximate surface area is 104 Å². The van der Waals surface area contributed by atoms with Gasteiger partial charge in [-0.05, 0) is 26.0 Å². The van der Waals surface area contributed by atoms with Crippen LogP contribution in [0.1, 0.15) is 21.9 Å². The molecule has 18 heavy (non-hydrogen) atoms. The van der Waals surface area contributed by atoms with E-state index in [1.807, 2.05) is 6.92 Å². The SMILES string of the molecule is COc1ccc(NC(=O)c2cc(C)[nH]n2)c(C)n1. The van der Waals surface area contributed by atoms with E-state index in [0.29, 0.717) is 23.0 Å². The molecule has 2 N–H and O–H groups in total. The third-order valence-corrected chi connectivity index (χ3v) is 2.46. The maximum atomic E-state index is 11.9. The minimum absolute atomic E-state index is 0.269. The number of ether oxygens (including phenoxy) is 1. The molecule has 2 rings (SSSR count). The Balaban J connectivity index is 2.16. The van der Waals surface area contributed by atoms with Gasteiger partial charge in [0.05, 0.1) is 18.5 Å². The number of H-pyrrole nitrogens is 1. The summed E-state index contributed by atoms with van der Waals surface area (Å²) < 4.78 is 5.00. The van der Waals surface area contributed by atoms with E-state index in [0.717, 1.165) is 5.69 Å². The van der Waals surface area contributed by atoms with Gasteiger partial charge in [0, 0.05) is 11.8 Å². The lowest BCUT2D eigenvalue weighted by Crippen LogP contribution is -2.13. The molecule has 94 valence electrons. The van der Waals surface area contributed by atoms with Gasteiger partial charge in [0.1, 0.15) is 0 Å². The van der Waals surface area contributed by atoms with Gasteiger partial charge in [-0.2, -0.15) is 5.10 Å². The minimum atomic E-state index is -0.269. The molecule has 2 aromatic heterocycles. The fourth-order valence-corrected chi connectivity index (χ4v) is 1.50. The van der Waals surface area contributed by atoms with Crippen LogP contribution in [0.4, 0.5) is 5.69 Å². The van der Waals surface area contributed by atoms with Crippen LogP contribution in [0, 0.1) is 13.8 Å². The summed E-state index contributed by atoms with van der Waals surface area (Å²) in [6.07, 6.45) is 0. The number of aryl methyl sites for hydroxylation is 2. The van der Waals surface area contributed by atoms with Gasteiger partial charge in [-0.25, -0.2) is 4.98 Å². The lowest BCUT2D eigenvalue weighted by molar-refractivity contribution is 0.102. The van der Waals surface area contributed by atoms with Crippen molar-refractivity contribution in [1.82, 2.24) is 15.2 Å². The van der Waals surface area contributed by atoms with Crippen LogP contribution in [0.3, 0.4) is 0 Å². The van der Waals surface area contributed by atoms with Crippen molar-refractivity contribution in [3.63, 3.8) is 0 Å². The molecule has 0 atom stereocenters. The van der Waals surface area contributed by atoms with Crippen LogP contribution in [0.2, 0.25) is 0 Å². The first-order chi connectivity index (χ1) is 8.60. The number of rotatable bonds is 3. The van der Waals surface area contributed by atoms with Crippen LogP contribution in [-0.4, -0.2) is 28.2 Å². The molecular weight excluding hydrogens is 232 g/mol. The average Bonchev–Trinajstić information content (AvgIpc) is 2.78. The maximum absolute atomic E-state index is 11.9. The molecule has 2 aromatic rings. The predicted octanol–water partition coefficient (Wildman–Crippen LogP) is 1.68. The number of hydrogen-bond acceptors (Lipinski definition) is 4. The maximum Gasteiger partial charge on any atom is 0.276 e. The largest absolute Gasteiger partial charge is 0.481 e. The van der Waals surface area contributed by atoms with Crippen molar-refractivity contribution in [3.05, 3.63) is 35.3 Å². The van der Waals surface area contributed by atoms with Gasteiger partial charge >= 0.3 is 0 Å². The van der Waals surface area contributed by atoms with Crippen molar-refractivity contribution in [2.24, 2.45) is 0 Å². The molecule has 0 bridgehead atoms. The van der Waals surface area contributed by atoms with Crippen LogP contribution in [0.15, 0.2) is 18.2 Å². The zero-order valence-electron chi connectivity index (χ0n) is 10.4. The number of carbonyl (C=O) groups excluding carboxylic acids is 1. The van der Waals surface area contributed by atoms with E-state index < -0.39 is 0 Å². The molecule has 0 spiro atoms. The second-order valence-corrected chi connectivity index (χ2v) is 3.88. The molecule has 0 unspecified atom stereocenters. The van der Waals surface area contributed by atoms with Crippen LogP contribution in [0.5, 0.6) is 5.88 Å². The van der Waals surface area contributed by atoms with E-state index in [1.165, 1.54) is 0 Å². The van der Waals surface area contributed by atoms with Crippen molar-refractivity contribution in [1.29, 1.82) is 0 Å². The molecule has 0 saturated heterocycles. The summed E-state index contributed by atoms with van der Waals surface area (Å²) in [4.78, 5) is 16.1. The monoisotopic (exact) mass is 246 g/mol. The summed E-state index contributed by atoms with van der Waals surface area (Å²) in [7, 11) is 1.55. The van der Waals surface area contributed by atoms with E-state index in [1.54, 1.807) is 32.2 Å². The van der Waals surface area contributed by atoms with Crippen LogP contribution in [-0.2, 0) is 0 Å². The Morgan fingerprint density at radius 3 is 2.72 bits per heavy atom. The molecule has 0 aliphatic carbocycles. The first-order valence-electron chi connectivity index (χ1n) is 5.45. The molecule has 6 heteroatoms. The molecule has 0 aromatic carbocycles. The molecule has 0 saturated carbocycles. The van der Waals surface area contributed by atoms with E-state index in [9.17, 15) is 4.79 Å². The highest BCUT2D eigenvalue weighted by atomic mass is 16.5. The Morgan fingerprint density at radius 2 is 2.17 bits per heavy atom. The molecule has 6 nitrogen and oxygen atoms in total. The van der Waals surface area contributed by atoms with E-state index in [-0.39, 0.29) is 5.91 Å². The van der Waals surface area contributed by atoms with Crippen molar-refractivity contribution >= 4 is 11.6 Å². The third-order valence-electron chi connectivity index (χ3n) is 2.46. The number of nitrogens with one attached hydrogen (secondary N) is 2. The molecule has 0 aliphatic rings.